The number of halogens is 2. The van der Waals surface area contributed by atoms with Crippen molar-refractivity contribution >= 4 is 56.7 Å². The highest BCUT2D eigenvalue weighted by Crippen LogP contribution is 2.25. The fourth-order valence-corrected chi connectivity index (χ4v) is 4.98. The first kappa shape index (κ1) is 22.5. The number of thiophene rings is 1. The number of hydrazone groups is 1. The fraction of sp³-hybridized carbons (Fsp3) is 0.100. The first-order chi connectivity index (χ1) is 14.4. The van der Waals surface area contributed by atoms with Crippen molar-refractivity contribution < 1.29 is 13.2 Å². The Morgan fingerprint density at radius 3 is 2.53 bits per heavy atom. The Bertz CT molecular complexity index is 1140. The van der Waals surface area contributed by atoms with E-state index in [0.717, 1.165) is 9.18 Å². The van der Waals surface area contributed by atoms with Gasteiger partial charge in [-0.3, -0.25) is 4.79 Å². The summed E-state index contributed by atoms with van der Waals surface area (Å²) >= 11 is 13.6. The Kier molecular flexibility index (Phi) is 7.63. The number of nitrogens with zero attached hydrogens (tertiary/aromatic N) is 2. The lowest BCUT2D eigenvalue weighted by atomic mass is 10.2. The Morgan fingerprint density at radius 1 is 1.10 bits per heavy atom. The largest absolute Gasteiger partial charge is 0.272 e. The van der Waals surface area contributed by atoms with E-state index in [4.69, 9.17) is 23.2 Å². The Morgan fingerprint density at radius 2 is 1.87 bits per heavy atom. The number of sulfonamides is 1. The van der Waals surface area contributed by atoms with Crippen LogP contribution in [-0.4, -0.2) is 31.4 Å². The van der Waals surface area contributed by atoms with Gasteiger partial charge in [-0.2, -0.15) is 9.41 Å². The lowest BCUT2D eigenvalue weighted by molar-refractivity contribution is -0.121. The summed E-state index contributed by atoms with van der Waals surface area (Å²) in [6.07, 6.45) is 1.49. The van der Waals surface area contributed by atoms with Crippen molar-refractivity contribution in [3.8, 4) is 0 Å². The molecule has 2 aromatic carbocycles. The van der Waals surface area contributed by atoms with Gasteiger partial charge in [-0.25, -0.2) is 13.8 Å². The molecule has 3 aromatic rings. The first-order valence-electron chi connectivity index (χ1n) is 8.71. The molecule has 30 heavy (non-hydrogen) atoms. The minimum absolute atomic E-state index is 0.0740. The maximum atomic E-state index is 13.2. The van der Waals surface area contributed by atoms with Crippen LogP contribution in [0.15, 0.2) is 76.0 Å². The van der Waals surface area contributed by atoms with Gasteiger partial charge >= 0.3 is 0 Å². The number of benzene rings is 2. The Hall–Kier alpha value is -2.23. The van der Waals surface area contributed by atoms with Gasteiger partial charge in [0.05, 0.1) is 17.7 Å². The van der Waals surface area contributed by atoms with Gasteiger partial charge in [0.15, 0.2) is 0 Å². The molecule has 6 nitrogen and oxygen atoms in total. The van der Waals surface area contributed by atoms with Gasteiger partial charge in [-0.1, -0.05) is 53.5 Å². The zero-order valence-corrected chi connectivity index (χ0v) is 18.7. The summed E-state index contributed by atoms with van der Waals surface area (Å²) in [5.41, 5.74) is 2.89. The number of hydrogen-bond donors (Lipinski definition) is 1. The molecular formula is C20H17Cl2N3O3S2. The van der Waals surface area contributed by atoms with E-state index in [1.165, 1.54) is 35.8 Å². The minimum atomic E-state index is -3.96. The van der Waals surface area contributed by atoms with Gasteiger partial charge in [-0.15, -0.1) is 11.3 Å². The van der Waals surface area contributed by atoms with Gasteiger partial charge in [0.1, 0.15) is 0 Å². The molecule has 1 amide bonds. The first-order valence-corrected chi connectivity index (χ1v) is 11.8. The summed E-state index contributed by atoms with van der Waals surface area (Å²) in [5.74, 6) is -0.576. The molecule has 156 valence electrons. The quantitative estimate of drug-likeness (QED) is 0.382. The maximum Gasteiger partial charge on any atom is 0.255 e. The fourth-order valence-electron chi connectivity index (χ4n) is 2.54. The lowest BCUT2D eigenvalue weighted by Crippen LogP contribution is -2.39. The molecule has 0 atom stereocenters. The molecule has 1 N–H and O–H groups in total. The van der Waals surface area contributed by atoms with Crippen molar-refractivity contribution in [1.29, 1.82) is 0 Å². The van der Waals surface area contributed by atoms with Crippen LogP contribution in [0.1, 0.15) is 10.4 Å². The van der Waals surface area contributed by atoms with Crippen molar-refractivity contribution in [3.05, 3.63) is 86.5 Å². The minimum Gasteiger partial charge on any atom is -0.272 e. The van der Waals surface area contributed by atoms with E-state index in [0.29, 0.717) is 15.6 Å². The molecule has 3 rings (SSSR count). The van der Waals surface area contributed by atoms with E-state index in [2.05, 4.69) is 10.5 Å². The molecule has 0 bridgehead atoms. The number of carbonyl (C=O) groups excluding carboxylic acids is 1. The van der Waals surface area contributed by atoms with E-state index >= 15 is 0 Å². The van der Waals surface area contributed by atoms with Crippen LogP contribution in [-0.2, 0) is 21.4 Å². The lowest BCUT2D eigenvalue weighted by Gasteiger charge is -2.22. The highest BCUT2D eigenvalue weighted by atomic mass is 35.5. The van der Waals surface area contributed by atoms with E-state index < -0.39 is 22.5 Å². The second-order valence-electron chi connectivity index (χ2n) is 6.13. The van der Waals surface area contributed by atoms with Crippen LogP contribution in [0.3, 0.4) is 0 Å². The summed E-state index contributed by atoms with van der Waals surface area (Å²) in [7, 11) is -3.96. The number of carbonyl (C=O) groups is 1. The van der Waals surface area contributed by atoms with Crippen molar-refractivity contribution in [2.45, 2.75) is 11.4 Å². The predicted octanol–water partition coefficient (Wildman–Crippen LogP) is 4.40. The molecule has 0 saturated heterocycles. The molecule has 1 heterocycles. The summed E-state index contributed by atoms with van der Waals surface area (Å²) in [6.45, 7) is -0.534. The van der Waals surface area contributed by atoms with Crippen LogP contribution in [0.4, 0.5) is 0 Å². The molecule has 0 aliphatic carbocycles. The molecule has 0 fully saturated rings. The van der Waals surface area contributed by atoms with Gasteiger partial charge in [-0.05, 0) is 41.3 Å². The molecule has 0 spiro atoms. The third-order valence-corrected chi connectivity index (χ3v) is 7.19. The van der Waals surface area contributed by atoms with E-state index in [1.807, 2.05) is 17.5 Å². The van der Waals surface area contributed by atoms with E-state index in [1.54, 1.807) is 30.3 Å². The van der Waals surface area contributed by atoms with Crippen molar-refractivity contribution in [3.63, 3.8) is 0 Å². The van der Waals surface area contributed by atoms with Gasteiger partial charge in [0, 0.05) is 21.5 Å². The molecule has 0 aliphatic heterocycles. The average molecular weight is 482 g/mol. The second-order valence-corrected chi connectivity index (χ2v) is 9.89. The van der Waals surface area contributed by atoms with E-state index in [-0.39, 0.29) is 11.4 Å². The van der Waals surface area contributed by atoms with Crippen LogP contribution < -0.4 is 5.43 Å². The van der Waals surface area contributed by atoms with Crippen LogP contribution in [0, 0.1) is 0 Å². The second kappa shape index (κ2) is 10.2. The predicted molar refractivity (Wildman–Crippen MR) is 121 cm³/mol. The average Bonchev–Trinajstić information content (AvgIpc) is 3.23. The summed E-state index contributed by atoms with van der Waals surface area (Å²) in [6, 6.07) is 16.4. The number of hydrogen-bond acceptors (Lipinski definition) is 5. The standard InChI is InChI=1S/C20H17Cl2N3O3S2/c21-16-9-8-15(19(22)11-16)13-25(30(27,28)18-6-2-1-3-7-18)14-20(26)24-23-12-17-5-4-10-29-17/h1-12H,13-14H2,(H,24,26)/b23-12+. The monoisotopic (exact) mass is 481 g/mol. The summed E-state index contributed by atoms with van der Waals surface area (Å²) in [5, 5.41) is 6.51. The van der Waals surface area contributed by atoms with Gasteiger partial charge in [0.2, 0.25) is 10.0 Å². The molecule has 1 aromatic heterocycles. The smallest absolute Gasteiger partial charge is 0.255 e. The molecule has 10 heteroatoms. The third-order valence-electron chi connectivity index (χ3n) is 3.99. The molecular weight excluding hydrogens is 465 g/mol. The van der Waals surface area contributed by atoms with Crippen molar-refractivity contribution in [2.24, 2.45) is 5.10 Å². The normalized spacial score (nSPS) is 11.8. The molecule has 0 unspecified atom stereocenters. The summed E-state index contributed by atoms with van der Waals surface area (Å²) in [4.78, 5) is 13.3. The topological polar surface area (TPSA) is 78.8 Å². The van der Waals surface area contributed by atoms with Crippen LogP contribution in [0.25, 0.3) is 0 Å². The highest BCUT2D eigenvalue weighted by Gasteiger charge is 2.27. The van der Waals surface area contributed by atoms with Crippen LogP contribution >= 0.6 is 34.5 Å². The number of nitrogens with one attached hydrogen (secondary N) is 1. The van der Waals surface area contributed by atoms with Crippen LogP contribution in [0.2, 0.25) is 10.0 Å². The SMILES string of the molecule is O=C(CN(Cc1ccc(Cl)cc1Cl)S(=O)(=O)c1ccccc1)N/N=C/c1cccs1. The Labute approximate surface area is 188 Å². The van der Waals surface area contributed by atoms with Crippen molar-refractivity contribution in [2.75, 3.05) is 6.54 Å². The van der Waals surface area contributed by atoms with Crippen molar-refractivity contribution in [1.82, 2.24) is 9.73 Å². The zero-order chi connectivity index (χ0) is 21.6. The zero-order valence-electron chi connectivity index (χ0n) is 15.5. The van der Waals surface area contributed by atoms with Crippen LogP contribution in [0.5, 0.6) is 0 Å². The van der Waals surface area contributed by atoms with Gasteiger partial charge in [0.25, 0.3) is 5.91 Å². The van der Waals surface area contributed by atoms with Gasteiger partial charge < -0.3 is 0 Å². The van der Waals surface area contributed by atoms with E-state index in [9.17, 15) is 13.2 Å². The maximum absolute atomic E-state index is 13.2. The molecule has 0 saturated carbocycles. The highest BCUT2D eigenvalue weighted by molar-refractivity contribution is 7.89. The third kappa shape index (κ3) is 5.90. The molecule has 0 radical (unpaired) electrons. The number of amides is 1. The molecule has 0 aliphatic rings. The Balaban J connectivity index is 1.82. The summed E-state index contributed by atoms with van der Waals surface area (Å²) < 4.78 is 27.4. The number of rotatable bonds is 8.